The van der Waals surface area contributed by atoms with E-state index in [1.165, 1.54) is 11.8 Å². The Bertz CT molecular complexity index is 919. The summed E-state index contributed by atoms with van der Waals surface area (Å²) < 4.78 is 0.983. The summed E-state index contributed by atoms with van der Waals surface area (Å²) in [6.07, 6.45) is 0. The first-order valence-corrected chi connectivity index (χ1v) is 8.64. The van der Waals surface area contributed by atoms with Gasteiger partial charge in [0.15, 0.2) is 0 Å². The van der Waals surface area contributed by atoms with Gasteiger partial charge in [0.25, 0.3) is 0 Å². The van der Waals surface area contributed by atoms with Crippen molar-refractivity contribution in [2.24, 2.45) is 0 Å². The molecule has 1 atom stereocenters. The van der Waals surface area contributed by atoms with Crippen LogP contribution in [0.2, 0.25) is 0 Å². The van der Waals surface area contributed by atoms with Crippen LogP contribution in [0.4, 0.5) is 5.69 Å². The number of imidazole rings is 1. The molecule has 0 aliphatic heterocycles. The molecule has 7 heteroatoms. The quantitative estimate of drug-likeness (QED) is 0.592. The number of amides is 1. The van der Waals surface area contributed by atoms with Gasteiger partial charge in [0, 0.05) is 15.1 Å². The summed E-state index contributed by atoms with van der Waals surface area (Å²) in [5.74, 6) is -0.0905. The van der Waals surface area contributed by atoms with Crippen molar-refractivity contribution in [1.82, 2.24) is 9.97 Å². The maximum absolute atomic E-state index is 12.3. The molecule has 0 aliphatic carbocycles. The molecule has 23 heavy (non-hydrogen) atoms. The smallest absolute Gasteiger partial charge is 0.323 e. The van der Waals surface area contributed by atoms with Crippen LogP contribution in [-0.4, -0.2) is 21.1 Å². The number of carbonyl (C=O) groups is 1. The van der Waals surface area contributed by atoms with E-state index in [4.69, 9.17) is 0 Å². The Labute approximate surface area is 145 Å². The third-order valence-corrected chi connectivity index (χ3v) is 4.85. The fourth-order valence-corrected chi connectivity index (χ4v) is 3.63. The second kappa shape index (κ2) is 6.64. The normalized spacial score (nSPS) is 12.3. The van der Waals surface area contributed by atoms with Gasteiger partial charge in [-0.1, -0.05) is 22.0 Å². The highest BCUT2D eigenvalue weighted by molar-refractivity contribution is 9.10. The van der Waals surface area contributed by atoms with E-state index in [1.54, 1.807) is 18.2 Å². The predicted octanol–water partition coefficient (Wildman–Crippen LogP) is 3.74. The van der Waals surface area contributed by atoms with Gasteiger partial charge >= 0.3 is 5.69 Å². The number of anilines is 1. The summed E-state index contributed by atoms with van der Waals surface area (Å²) in [4.78, 5) is 29.9. The predicted molar refractivity (Wildman–Crippen MR) is 97.0 cm³/mol. The molecule has 0 fully saturated rings. The zero-order chi connectivity index (χ0) is 16.4. The first-order chi connectivity index (χ1) is 11.0. The largest absolute Gasteiger partial charge is 0.325 e. The molecule has 0 radical (unpaired) electrons. The zero-order valence-corrected chi connectivity index (χ0v) is 14.6. The molecule has 1 aromatic heterocycles. The second-order valence-electron chi connectivity index (χ2n) is 5.05. The van der Waals surface area contributed by atoms with Crippen LogP contribution in [0.1, 0.15) is 6.92 Å². The van der Waals surface area contributed by atoms with Crippen LogP contribution in [0.25, 0.3) is 11.0 Å². The number of hydrogen-bond acceptors (Lipinski definition) is 3. The minimum absolute atomic E-state index is 0.0905. The van der Waals surface area contributed by atoms with E-state index in [-0.39, 0.29) is 16.8 Å². The number of H-pyrrole nitrogens is 2. The van der Waals surface area contributed by atoms with Crippen LogP contribution in [0.5, 0.6) is 0 Å². The summed E-state index contributed by atoms with van der Waals surface area (Å²) >= 11 is 4.91. The minimum Gasteiger partial charge on any atom is -0.325 e. The Kier molecular flexibility index (Phi) is 4.58. The van der Waals surface area contributed by atoms with Crippen LogP contribution in [0.3, 0.4) is 0 Å². The molecule has 1 unspecified atom stereocenters. The molecular formula is C16H14BrN3O2S. The van der Waals surface area contributed by atoms with E-state index in [2.05, 4.69) is 31.2 Å². The average molecular weight is 392 g/mol. The van der Waals surface area contributed by atoms with Gasteiger partial charge in [0.05, 0.1) is 16.3 Å². The summed E-state index contributed by atoms with van der Waals surface area (Å²) in [6, 6.07) is 13.1. The monoisotopic (exact) mass is 391 g/mol. The van der Waals surface area contributed by atoms with E-state index >= 15 is 0 Å². The van der Waals surface area contributed by atoms with Crippen molar-refractivity contribution in [3.8, 4) is 0 Å². The van der Waals surface area contributed by atoms with Gasteiger partial charge in [-0.3, -0.25) is 4.79 Å². The molecule has 0 aliphatic rings. The summed E-state index contributed by atoms with van der Waals surface area (Å²) in [7, 11) is 0. The van der Waals surface area contributed by atoms with Crippen molar-refractivity contribution in [3.63, 3.8) is 0 Å². The van der Waals surface area contributed by atoms with Crippen LogP contribution in [0, 0.1) is 0 Å². The Morgan fingerprint density at radius 1 is 1.17 bits per heavy atom. The summed E-state index contributed by atoms with van der Waals surface area (Å²) in [6.45, 7) is 1.86. The number of aromatic nitrogens is 2. The summed E-state index contributed by atoms with van der Waals surface area (Å²) in [5, 5.41) is 2.63. The van der Waals surface area contributed by atoms with E-state index < -0.39 is 0 Å². The Morgan fingerprint density at radius 2 is 1.96 bits per heavy atom. The van der Waals surface area contributed by atoms with Crippen LogP contribution in [0.15, 0.2) is 56.6 Å². The number of aromatic amines is 2. The molecule has 1 amide bonds. The van der Waals surface area contributed by atoms with Gasteiger partial charge in [0.2, 0.25) is 5.91 Å². The van der Waals surface area contributed by atoms with Gasteiger partial charge in [0.1, 0.15) is 0 Å². The molecule has 5 nitrogen and oxygen atoms in total. The van der Waals surface area contributed by atoms with E-state index in [1.807, 2.05) is 31.2 Å². The molecule has 118 valence electrons. The molecule has 2 aromatic carbocycles. The molecule has 3 N–H and O–H groups in total. The van der Waals surface area contributed by atoms with Crippen molar-refractivity contribution < 1.29 is 4.79 Å². The maximum Gasteiger partial charge on any atom is 0.323 e. The fourth-order valence-electron chi connectivity index (χ4n) is 2.15. The lowest BCUT2D eigenvalue weighted by Gasteiger charge is -2.12. The number of halogens is 1. The first-order valence-electron chi connectivity index (χ1n) is 6.96. The van der Waals surface area contributed by atoms with Crippen molar-refractivity contribution in [3.05, 3.63) is 57.4 Å². The SMILES string of the molecule is CC(Sc1cccc(Br)c1)C(=O)Nc1ccc2[nH]c(=O)[nH]c2c1. The number of carbonyl (C=O) groups excluding carboxylic acids is 1. The highest BCUT2D eigenvalue weighted by Gasteiger charge is 2.15. The topological polar surface area (TPSA) is 77.8 Å². The number of benzene rings is 2. The molecule has 0 saturated carbocycles. The Hall–Kier alpha value is -1.99. The Morgan fingerprint density at radius 3 is 2.74 bits per heavy atom. The molecule has 0 saturated heterocycles. The van der Waals surface area contributed by atoms with Gasteiger partial charge in [-0.05, 0) is 43.3 Å². The van der Waals surface area contributed by atoms with Gasteiger partial charge in [-0.2, -0.15) is 0 Å². The molecule has 0 bridgehead atoms. The third-order valence-electron chi connectivity index (χ3n) is 3.26. The highest BCUT2D eigenvalue weighted by atomic mass is 79.9. The van der Waals surface area contributed by atoms with Crippen LogP contribution < -0.4 is 11.0 Å². The first kappa shape index (κ1) is 15.9. The summed E-state index contributed by atoms with van der Waals surface area (Å²) in [5.41, 5.74) is 1.77. The van der Waals surface area contributed by atoms with E-state index in [9.17, 15) is 9.59 Å². The fraction of sp³-hybridized carbons (Fsp3) is 0.125. The Balaban J connectivity index is 1.70. The van der Waals surface area contributed by atoms with Gasteiger partial charge in [-0.15, -0.1) is 11.8 Å². The lowest BCUT2D eigenvalue weighted by Crippen LogP contribution is -2.22. The highest BCUT2D eigenvalue weighted by Crippen LogP contribution is 2.26. The van der Waals surface area contributed by atoms with E-state index in [0.717, 1.165) is 9.37 Å². The number of thioether (sulfide) groups is 1. The lowest BCUT2D eigenvalue weighted by atomic mass is 10.2. The average Bonchev–Trinajstić information content (AvgIpc) is 2.86. The second-order valence-corrected chi connectivity index (χ2v) is 7.38. The van der Waals surface area contributed by atoms with Crippen LogP contribution >= 0.6 is 27.7 Å². The van der Waals surface area contributed by atoms with Crippen LogP contribution in [-0.2, 0) is 4.79 Å². The minimum atomic E-state index is -0.262. The van der Waals surface area contributed by atoms with Crippen molar-refractivity contribution in [2.45, 2.75) is 17.1 Å². The van der Waals surface area contributed by atoms with E-state index in [0.29, 0.717) is 16.7 Å². The lowest BCUT2D eigenvalue weighted by molar-refractivity contribution is -0.115. The molecule has 3 rings (SSSR count). The molecule has 3 aromatic rings. The van der Waals surface area contributed by atoms with Gasteiger partial charge < -0.3 is 15.3 Å². The third kappa shape index (κ3) is 3.86. The molecular weight excluding hydrogens is 378 g/mol. The maximum atomic E-state index is 12.3. The van der Waals surface area contributed by atoms with Crippen molar-refractivity contribution in [2.75, 3.05) is 5.32 Å². The number of fused-ring (bicyclic) bond motifs is 1. The van der Waals surface area contributed by atoms with Crippen molar-refractivity contribution >= 4 is 50.3 Å². The molecule has 1 heterocycles. The standard InChI is InChI=1S/C16H14BrN3O2S/c1-9(23-12-4-2-3-10(17)7-12)15(21)18-11-5-6-13-14(8-11)20-16(22)19-13/h2-9H,1H3,(H,18,21)(H2,19,20,22). The number of nitrogens with one attached hydrogen (secondary N) is 3. The molecule has 0 spiro atoms. The van der Waals surface area contributed by atoms with Gasteiger partial charge in [-0.25, -0.2) is 4.79 Å². The number of rotatable bonds is 4. The van der Waals surface area contributed by atoms with Crippen molar-refractivity contribution in [1.29, 1.82) is 0 Å². The zero-order valence-electron chi connectivity index (χ0n) is 12.2. The number of hydrogen-bond donors (Lipinski definition) is 3.